The maximum Gasteiger partial charge on any atom is 0.337 e. The number of hydrogen-bond donors (Lipinski definition) is 0. The van der Waals surface area contributed by atoms with Crippen LogP contribution < -0.4 is 4.74 Å². The summed E-state index contributed by atoms with van der Waals surface area (Å²) >= 11 is 0. The van der Waals surface area contributed by atoms with E-state index in [0.717, 1.165) is 11.1 Å². The molecule has 0 aliphatic carbocycles. The molecule has 0 saturated heterocycles. The molecule has 0 bridgehead atoms. The van der Waals surface area contributed by atoms with E-state index in [-0.39, 0.29) is 10.6 Å². The van der Waals surface area contributed by atoms with Gasteiger partial charge >= 0.3 is 5.97 Å². The highest BCUT2D eigenvalue weighted by atomic mass is 19.2. The van der Waals surface area contributed by atoms with E-state index >= 15 is 0 Å². The minimum atomic E-state index is -0.429. The number of aromatic nitrogens is 3. The molecule has 7 heteroatoms. The average molecular weight is 377 g/mol. The van der Waals surface area contributed by atoms with E-state index in [9.17, 15) is 9.28 Å². The first-order valence-electron chi connectivity index (χ1n) is 8.49. The number of ether oxygens (including phenoxy) is 2. The van der Waals surface area contributed by atoms with Crippen molar-refractivity contribution in [3.05, 3.63) is 66.4 Å². The Labute approximate surface area is 160 Å². The van der Waals surface area contributed by atoms with E-state index in [0.29, 0.717) is 28.0 Å². The van der Waals surface area contributed by atoms with Gasteiger partial charge in [-0.2, -0.15) is 0 Å². The van der Waals surface area contributed by atoms with Gasteiger partial charge in [-0.15, -0.1) is 5.10 Å². The molecule has 2 aromatic carbocycles. The molecule has 4 rings (SSSR count). The van der Waals surface area contributed by atoms with Crippen LogP contribution in [0.4, 0.5) is 4.48 Å². The quantitative estimate of drug-likeness (QED) is 0.496. The van der Waals surface area contributed by atoms with Crippen molar-refractivity contribution in [2.45, 2.75) is 0 Å². The van der Waals surface area contributed by atoms with Crippen molar-refractivity contribution in [3.8, 4) is 28.1 Å². The number of para-hydroxylation sites is 1. The predicted octanol–water partition coefficient (Wildman–Crippen LogP) is 4.29. The summed E-state index contributed by atoms with van der Waals surface area (Å²) in [6.07, 6.45) is 1.54. The maximum absolute atomic E-state index is 14.3. The summed E-state index contributed by atoms with van der Waals surface area (Å²) in [6, 6.07) is 16.0. The Morgan fingerprint density at radius 2 is 1.86 bits per heavy atom. The van der Waals surface area contributed by atoms with Crippen LogP contribution in [0.1, 0.15) is 10.4 Å². The van der Waals surface area contributed by atoms with Crippen LogP contribution in [-0.2, 0) is 4.74 Å². The van der Waals surface area contributed by atoms with Crippen molar-refractivity contribution in [1.82, 2.24) is 15.0 Å². The summed E-state index contributed by atoms with van der Waals surface area (Å²) in [6.45, 7) is 0. The number of nitrogens with zero attached hydrogens (tertiary/aromatic N) is 3. The lowest BCUT2D eigenvalue weighted by Crippen LogP contribution is -2.00. The third-order valence-electron chi connectivity index (χ3n) is 4.46. The fraction of sp³-hybridized carbons (Fsp3) is 0.0952. The lowest BCUT2D eigenvalue weighted by atomic mass is 10.0. The van der Waals surface area contributed by atoms with Gasteiger partial charge < -0.3 is 9.47 Å². The molecule has 0 spiro atoms. The number of methoxy groups -OCH3 is 2. The van der Waals surface area contributed by atoms with Crippen LogP contribution in [-0.4, -0.2) is 35.2 Å². The highest BCUT2D eigenvalue weighted by molar-refractivity contribution is 5.96. The molecule has 28 heavy (non-hydrogen) atoms. The smallest absolute Gasteiger partial charge is 0.337 e. The Kier molecular flexibility index (Phi) is 4.49. The molecule has 0 atom stereocenters. The Morgan fingerprint density at radius 3 is 2.64 bits per heavy atom. The first-order chi connectivity index (χ1) is 13.6. The second kappa shape index (κ2) is 7.11. The number of hydrogen-bond acceptors (Lipinski definition) is 5. The van der Waals surface area contributed by atoms with E-state index in [1.807, 2.05) is 24.3 Å². The number of halogens is 1. The zero-order valence-corrected chi connectivity index (χ0v) is 15.2. The number of pyridine rings is 1. The van der Waals surface area contributed by atoms with E-state index in [4.69, 9.17) is 9.47 Å². The van der Waals surface area contributed by atoms with Crippen molar-refractivity contribution in [2.24, 2.45) is 0 Å². The van der Waals surface area contributed by atoms with Crippen molar-refractivity contribution in [1.29, 1.82) is 0 Å². The number of benzene rings is 2. The fourth-order valence-corrected chi connectivity index (χ4v) is 3.11. The summed E-state index contributed by atoms with van der Waals surface area (Å²) in [5, 5.41) is 4.53. The minimum absolute atomic E-state index is 0.105. The number of fused-ring (bicyclic) bond motifs is 1. The Morgan fingerprint density at radius 1 is 1.04 bits per heavy atom. The molecule has 0 unspecified atom stereocenters. The fourth-order valence-electron chi connectivity index (χ4n) is 3.11. The Bertz CT molecular complexity index is 1190. The van der Waals surface area contributed by atoms with E-state index < -0.39 is 5.97 Å². The molecule has 2 aromatic heterocycles. The number of rotatable bonds is 4. The van der Waals surface area contributed by atoms with Crippen LogP contribution >= 0.6 is 0 Å². The number of carbonyl (C=O) groups is 1. The molecule has 2 heterocycles. The lowest BCUT2D eigenvalue weighted by molar-refractivity contribution is 0.0601. The van der Waals surface area contributed by atoms with Gasteiger partial charge in [0.25, 0.3) is 0 Å². The standard InChI is InChI=1S/C21H16FN3O3/c1-27-18-9-4-3-8-16(18)19-17-11-15(12-23-20(17)25(22)24-19)13-6-5-7-14(10-13)21(26)28-2/h3-12H,1-2H3. The molecule has 0 aliphatic rings. The molecule has 0 saturated carbocycles. The molecule has 6 nitrogen and oxygen atoms in total. The summed E-state index contributed by atoms with van der Waals surface area (Å²) in [4.78, 5) is 16.3. The molecule has 140 valence electrons. The summed E-state index contributed by atoms with van der Waals surface area (Å²) in [5.74, 6) is 0.155. The van der Waals surface area contributed by atoms with Crippen molar-refractivity contribution < 1.29 is 18.7 Å². The van der Waals surface area contributed by atoms with Gasteiger partial charge in [0.05, 0.1) is 25.2 Å². The molecule has 0 fully saturated rings. The number of carbonyl (C=O) groups excluding carboxylic acids is 1. The molecular formula is C21H16FN3O3. The normalized spacial score (nSPS) is 10.8. The van der Waals surface area contributed by atoms with E-state index in [1.54, 1.807) is 43.6 Å². The lowest BCUT2D eigenvalue weighted by Gasteiger charge is -2.07. The first-order valence-corrected chi connectivity index (χ1v) is 8.49. The molecule has 0 radical (unpaired) electrons. The SMILES string of the molecule is COC(=O)c1cccc(-c2cnc3c(c2)c(-c2ccccc2OC)nn3F)c1. The summed E-state index contributed by atoms with van der Waals surface area (Å²) in [7, 11) is 2.88. The molecule has 0 amide bonds. The third-order valence-corrected chi connectivity index (χ3v) is 4.46. The second-order valence-corrected chi connectivity index (χ2v) is 6.08. The average Bonchev–Trinajstić information content (AvgIpc) is 3.09. The van der Waals surface area contributed by atoms with Gasteiger partial charge in [-0.1, -0.05) is 33.7 Å². The monoisotopic (exact) mass is 377 g/mol. The van der Waals surface area contributed by atoms with Crippen LogP contribution in [0.15, 0.2) is 60.8 Å². The second-order valence-electron chi connectivity index (χ2n) is 6.08. The summed E-state index contributed by atoms with van der Waals surface area (Å²) in [5.41, 5.74) is 3.10. The maximum atomic E-state index is 14.3. The van der Waals surface area contributed by atoms with Crippen molar-refractivity contribution in [3.63, 3.8) is 0 Å². The van der Waals surface area contributed by atoms with Crippen LogP contribution in [0.2, 0.25) is 0 Å². The number of esters is 1. The van der Waals surface area contributed by atoms with Crippen LogP contribution in [0, 0.1) is 0 Å². The Balaban J connectivity index is 1.89. The third kappa shape index (κ3) is 2.96. The van der Waals surface area contributed by atoms with Gasteiger partial charge in [0.1, 0.15) is 11.4 Å². The molecule has 0 aliphatic heterocycles. The van der Waals surface area contributed by atoms with E-state index in [2.05, 4.69) is 10.1 Å². The largest absolute Gasteiger partial charge is 0.496 e. The first kappa shape index (κ1) is 17.7. The van der Waals surface area contributed by atoms with Gasteiger partial charge in [-0.25, -0.2) is 9.78 Å². The van der Waals surface area contributed by atoms with E-state index in [1.165, 1.54) is 7.11 Å². The molecule has 0 N–H and O–H groups in total. The highest BCUT2D eigenvalue weighted by Gasteiger charge is 2.18. The van der Waals surface area contributed by atoms with Crippen molar-refractivity contribution >= 4 is 17.0 Å². The highest BCUT2D eigenvalue weighted by Crippen LogP contribution is 2.35. The van der Waals surface area contributed by atoms with Gasteiger partial charge in [0.15, 0.2) is 5.65 Å². The molecule has 4 aromatic rings. The zero-order valence-electron chi connectivity index (χ0n) is 15.2. The van der Waals surface area contributed by atoms with Crippen LogP contribution in [0.25, 0.3) is 33.4 Å². The van der Waals surface area contributed by atoms with Gasteiger partial charge in [-0.3, -0.25) is 0 Å². The van der Waals surface area contributed by atoms with Gasteiger partial charge in [0.2, 0.25) is 0 Å². The minimum Gasteiger partial charge on any atom is -0.496 e. The van der Waals surface area contributed by atoms with Gasteiger partial charge in [-0.05, 0) is 35.9 Å². The Hall–Kier alpha value is -3.74. The molecular weight excluding hydrogens is 361 g/mol. The predicted molar refractivity (Wildman–Crippen MR) is 103 cm³/mol. The van der Waals surface area contributed by atoms with Crippen molar-refractivity contribution in [2.75, 3.05) is 14.2 Å². The summed E-state index contributed by atoms with van der Waals surface area (Å²) < 4.78 is 24.5. The topological polar surface area (TPSA) is 66.2 Å². The zero-order chi connectivity index (χ0) is 19.7. The van der Waals surface area contributed by atoms with Gasteiger partial charge in [0, 0.05) is 17.3 Å². The van der Waals surface area contributed by atoms with Crippen LogP contribution in [0.5, 0.6) is 5.75 Å². The van der Waals surface area contributed by atoms with Crippen LogP contribution in [0.3, 0.4) is 0 Å².